The quantitative estimate of drug-likeness (QED) is 0.330. The monoisotopic (exact) mass is 554 g/mol. The first kappa shape index (κ1) is 26.7. The van der Waals surface area contributed by atoms with Crippen LogP contribution in [0.3, 0.4) is 0 Å². The average molecular weight is 555 g/mol. The first-order valence-corrected chi connectivity index (χ1v) is 14.1. The van der Waals surface area contributed by atoms with Crippen LogP contribution >= 0.6 is 0 Å². The van der Waals surface area contributed by atoms with Gasteiger partial charge in [0.15, 0.2) is 11.6 Å². The predicted octanol–water partition coefficient (Wildman–Crippen LogP) is 4.33. The number of aromatic nitrogens is 3. The van der Waals surface area contributed by atoms with E-state index in [9.17, 15) is 12.8 Å². The largest absolute Gasteiger partial charge is 0.384 e. The molecular weight excluding hydrogens is 526 g/mol. The molecule has 5 rings (SSSR count). The molecule has 3 N–H and O–H groups in total. The van der Waals surface area contributed by atoms with Crippen LogP contribution in [-0.4, -0.2) is 62.1 Å². The number of nitrogens with zero attached hydrogens (tertiary/aromatic N) is 4. The molecule has 0 aliphatic carbocycles. The summed E-state index contributed by atoms with van der Waals surface area (Å²) in [5, 5.41) is 0.729. The van der Waals surface area contributed by atoms with Crippen LogP contribution in [0.2, 0.25) is 0 Å². The lowest BCUT2D eigenvalue weighted by atomic mass is 9.99. The minimum atomic E-state index is -3.90. The molecule has 39 heavy (non-hydrogen) atoms. The summed E-state index contributed by atoms with van der Waals surface area (Å²) in [5.41, 5.74) is 8.52. The van der Waals surface area contributed by atoms with Gasteiger partial charge in [-0.05, 0) is 54.8 Å². The van der Waals surface area contributed by atoms with Crippen molar-refractivity contribution in [3.8, 4) is 22.5 Å². The highest BCUT2D eigenvalue weighted by atomic mass is 32.2. The molecule has 12 heteroatoms. The number of hydrogen-bond donors (Lipinski definition) is 2. The molecule has 2 aromatic heterocycles. The summed E-state index contributed by atoms with van der Waals surface area (Å²) in [4.78, 5) is 16.0. The summed E-state index contributed by atoms with van der Waals surface area (Å²) < 4.78 is 60.5. The zero-order chi connectivity index (χ0) is 27.6. The van der Waals surface area contributed by atoms with Crippen molar-refractivity contribution in [2.75, 3.05) is 54.1 Å². The van der Waals surface area contributed by atoms with Gasteiger partial charge < -0.3 is 15.4 Å². The summed E-state index contributed by atoms with van der Waals surface area (Å²) in [6, 6.07) is 11.6. The number of alkyl halides is 1. The Kier molecular flexibility index (Phi) is 7.58. The number of pyridine rings is 1. The normalized spacial score (nSPS) is 14.1. The SMILES string of the molecule is Cc1cc(-c2cccc(NS(=O)(=O)CCCF)c2F)cc2c(N3CCOCC3)nc(-c3ccc(N)nc3)nc12. The third-order valence-electron chi connectivity index (χ3n) is 6.45. The Bertz CT molecular complexity index is 1610. The average Bonchev–Trinajstić information content (AvgIpc) is 2.93. The van der Waals surface area contributed by atoms with Gasteiger partial charge in [0, 0.05) is 35.8 Å². The van der Waals surface area contributed by atoms with Gasteiger partial charge >= 0.3 is 0 Å². The van der Waals surface area contributed by atoms with E-state index in [0.29, 0.717) is 60.4 Å². The van der Waals surface area contributed by atoms with Gasteiger partial charge in [0.1, 0.15) is 11.6 Å². The van der Waals surface area contributed by atoms with Gasteiger partial charge in [0.2, 0.25) is 10.0 Å². The van der Waals surface area contributed by atoms with Crippen LogP contribution in [0, 0.1) is 12.7 Å². The second kappa shape index (κ2) is 11.1. The van der Waals surface area contributed by atoms with Crippen molar-refractivity contribution in [3.05, 3.63) is 60.0 Å². The number of benzene rings is 2. The third kappa shape index (κ3) is 5.76. The van der Waals surface area contributed by atoms with Gasteiger partial charge in [-0.25, -0.2) is 27.8 Å². The Morgan fingerprint density at radius 2 is 1.90 bits per heavy atom. The maximum Gasteiger partial charge on any atom is 0.232 e. The zero-order valence-electron chi connectivity index (χ0n) is 21.3. The van der Waals surface area contributed by atoms with E-state index >= 15 is 4.39 Å². The second-order valence-electron chi connectivity index (χ2n) is 9.26. The molecule has 1 aliphatic rings. The molecule has 3 heterocycles. The summed E-state index contributed by atoms with van der Waals surface area (Å²) in [5.74, 6) is 0.405. The lowest BCUT2D eigenvalue weighted by molar-refractivity contribution is 0.122. The smallest absolute Gasteiger partial charge is 0.232 e. The minimum absolute atomic E-state index is 0.167. The highest BCUT2D eigenvalue weighted by Crippen LogP contribution is 2.36. The number of fused-ring (bicyclic) bond motifs is 1. The van der Waals surface area contributed by atoms with E-state index in [1.165, 1.54) is 6.07 Å². The number of aryl methyl sites for hydroxylation is 1. The number of anilines is 3. The van der Waals surface area contributed by atoms with Gasteiger partial charge in [0.05, 0.1) is 36.8 Å². The Morgan fingerprint density at radius 3 is 2.62 bits per heavy atom. The highest BCUT2D eigenvalue weighted by Gasteiger charge is 2.22. The van der Waals surface area contributed by atoms with Crippen LogP contribution in [0.5, 0.6) is 0 Å². The maximum absolute atomic E-state index is 15.6. The molecule has 1 saturated heterocycles. The molecule has 1 aliphatic heterocycles. The van der Waals surface area contributed by atoms with Gasteiger partial charge in [-0.3, -0.25) is 9.11 Å². The fourth-order valence-electron chi connectivity index (χ4n) is 4.53. The molecule has 0 bridgehead atoms. The van der Waals surface area contributed by atoms with E-state index in [1.807, 2.05) is 25.1 Å². The van der Waals surface area contributed by atoms with Crippen molar-refractivity contribution in [1.29, 1.82) is 0 Å². The van der Waals surface area contributed by atoms with Crippen molar-refractivity contribution in [3.63, 3.8) is 0 Å². The molecule has 9 nitrogen and oxygen atoms in total. The molecule has 0 saturated carbocycles. The number of morpholine rings is 1. The van der Waals surface area contributed by atoms with Gasteiger partial charge in [0.25, 0.3) is 0 Å². The number of nitrogens with two attached hydrogens (primary N) is 1. The standard InChI is InChI=1S/C27H28F2N6O3S/c1-17-14-19(20-4-2-5-22(24(20)29)34-39(36,37)13-3-8-28)15-21-25(17)32-26(18-6-7-23(30)31-16-18)33-27(21)35-9-11-38-12-10-35/h2,4-7,14-16,34H,3,8-13H2,1H3,(H2,30,31). The van der Waals surface area contributed by atoms with E-state index in [-0.39, 0.29) is 17.7 Å². The van der Waals surface area contributed by atoms with Crippen LogP contribution < -0.4 is 15.4 Å². The molecule has 0 amide bonds. The number of ether oxygens (including phenoxy) is 1. The molecule has 4 aromatic rings. The van der Waals surface area contributed by atoms with E-state index < -0.39 is 28.3 Å². The Morgan fingerprint density at radius 1 is 1.10 bits per heavy atom. The summed E-state index contributed by atoms with van der Waals surface area (Å²) >= 11 is 0. The zero-order valence-corrected chi connectivity index (χ0v) is 22.1. The lowest BCUT2D eigenvalue weighted by Gasteiger charge is -2.29. The Balaban J connectivity index is 1.63. The maximum atomic E-state index is 15.6. The van der Waals surface area contributed by atoms with Crippen LogP contribution in [0.4, 0.5) is 26.1 Å². The van der Waals surface area contributed by atoms with Gasteiger partial charge in [-0.15, -0.1) is 0 Å². The topological polar surface area (TPSA) is 123 Å². The molecule has 204 valence electrons. The lowest BCUT2D eigenvalue weighted by Crippen LogP contribution is -2.37. The summed E-state index contributed by atoms with van der Waals surface area (Å²) in [6.07, 6.45) is 1.46. The molecule has 0 radical (unpaired) electrons. The van der Waals surface area contributed by atoms with Crippen molar-refractivity contribution in [2.24, 2.45) is 0 Å². The molecule has 0 spiro atoms. The summed E-state index contributed by atoms with van der Waals surface area (Å²) in [7, 11) is -3.90. The van der Waals surface area contributed by atoms with Crippen LogP contribution in [0.1, 0.15) is 12.0 Å². The molecule has 2 aromatic carbocycles. The van der Waals surface area contributed by atoms with Crippen molar-refractivity contribution in [2.45, 2.75) is 13.3 Å². The fourth-order valence-corrected chi connectivity index (χ4v) is 5.61. The fraction of sp³-hybridized carbons (Fsp3) is 0.296. The molecule has 0 atom stereocenters. The second-order valence-corrected chi connectivity index (χ2v) is 11.1. The molecule has 1 fully saturated rings. The van der Waals surface area contributed by atoms with Crippen LogP contribution in [-0.2, 0) is 14.8 Å². The number of nitrogen functional groups attached to an aromatic ring is 1. The Labute approximate surface area is 225 Å². The number of rotatable bonds is 8. The van der Waals surface area contributed by atoms with Gasteiger partial charge in [-0.2, -0.15) is 0 Å². The minimum Gasteiger partial charge on any atom is -0.384 e. The van der Waals surface area contributed by atoms with Crippen LogP contribution in [0.15, 0.2) is 48.7 Å². The van der Waals surface area contributed by atoms with Crippen molar-refractivity contribution in [1.82, 2.24) is 15.0 Å². The third-order valence-corrected chi connectivity index (χ3v) is 7.81. The van der Waals surface area contributed by atoms with E-state index in [4.69, 9.17) is 20.4 Å². The number of sulfonamides is 1. The predicted molar refractivity (Wildman–Crippen MR) is 148 cm³/mol. The van der Waals surface area contributed by atoms with Crippen LogP contribution in [0.25, 0.3) is 33.4 Å². The molecule has 0 unspecified atom stereocenters. The molecular formula is C27H28F2N6O3S. The summed E-state index contributed by atoms with van der Waals surface area (Å²) in [6.45, 7) is 3.45. The van der Waals surface area contributed by atoms with Crippen molar-refractivity contribution >= 4 is 38.2 Å². The van der Waals surface area contributed by atoms with Gasteiger partial charge in [-0.1, -0.05) is 12.1 Å². The van der Waals surface area contributed by atoms with E-state index in [1.54, 1.807) is 24.4 Å². The first-order chi connectivity index (χ1) is 18.8. The first-order valence-electron chi connectivity index (χ1n) is 12.5. The number of hydrogen-bond acceptors (Lipinski definition) is 8. The number of halogens is 2. The van der Waals surface area contributed by atoms with E-state index in [0.717, 1.165) is 10.9 Å². The van der Waals surface area contributed by atoms with E-state index in [2.05, 4.69) is 14.6 Å². The Hall–Kier alpha value is -3.90. The van der Waals surface area contributed by atoms with Crippen molar-refractivity contribution < 1.29 is 21.9 Å². The highest BCUT2D eigenvalue weighted by molar-refractivity contribution is 7.92. The number of nitrogens with one attached hydrogen (secondary N) is 1.